The Hall–Kier alpha value is -2.67. The van der Waals surface area contributed by atoms with Crippen molar-refractivity contribution in [1.29, 1.82) is 0 Å². The average molecular weight is 417 g/mol. The molecule has 3 amide bonds. The number of imide groups is 1. The van der Waals surface area contributed by atoms with E-state index in [4.69, 9.17) is 16.3 Å². The highest BCUT2D eigenvalue weighted by Crippen LogP contribution is 2.52. The lowest BCUT2D eigenvalue weighted by molar-refractivity contribution is -0.159. The Kier molecular flexibility index (Phi) is 4.94. The van der Waals surface area contributed by atoms with Gasteiger partial charge in [0.25, 0.3) is 5.91 Å². The number of likely N-dealkylation sites (tertiary alicyclic amines) is 1. The number of benzene rings is 1. The predicted octanol–water partition coefficient (Wildman–Crippen LogP) is 2.33. The van der Waals surface area contributed by atoms with Crippen molar-refractivity contribution in [2.45, 2.75) is 26.3 Å². The minimum Gasteiger partial charge on any atom is -0.454 e. The maximum atomic E-state index is 12.8. The van der Waals surface area contributed by atoms with Gasteiger partial charge in [-0.25, -0.2) is 4.79 Å². The molecule has 1 saturated heterocycles. The largest absolute Gasteiger partial charge is 0.454 e. The fourth-order valence-corrected chi connectivity index (χ4v) is 4.76. The topological polar surface area (TPSA) is 92.8 Å². The standard InChI is InChI=1S/C21H21ClN2O5/c1-10-3-6-14(22)8-15(10)23-16(25)9-29-21(28)11(2)24-19(26)17-12-4-5-13(7-12)18(17)20(24)27/h3-6,8,11-13,17-18H,7,9H2,1-2H3,(H,23,25)/t11-,12-,13-,17+,18+/m0/s1. The summed E-state index contributed by atoms with van der Waals surface area (Å²) in [7, 11) is 0. The zero-order chi connectivity index (χ0) is 20.9. The van der Waals surface area contributed by atoms with E-state index >= 15 is 0 Å². The fraction of sp³-hybridized carbons (Fsp3) is 0.429. The van der Waals surface area contributed by atoms with Crippen molar-refractivity contribution < 1.29 is 23.9 Å². The molecule has 3 aliphatic rings. The maximum Gasteiger partial charge on any atom is 0.329 e. The van der Waals surface area contributed by atoms with E-state index < -0.39 is 24.5 Å². The van der Waals surface area contributed by atoms with Crippen molar-refractivity contribution in [3.63, 3.8) is 0 Å². The zero-order valence-electron chi connectivity index (χ0n) is 16.1. The zero-order valence-corrected chi connectivity index (χ0v) is 16.8. The minimum atomic E-state index is -1.07. The molecule has 1 aromatic carbocycles. The molecule has 0 aromatic heterocycles. The summed E-state index contributed by atoms with van der Waals surface area (Å²) in [4.78, 5) is 51.1. The summed E-state index contributed by atoms with van der Waals surface area (Å²) < 4.78 is 5.06. The van der Waals surface area contributed by atoms with E-state index in [0.717, 1.165) is 16.9 Å². The lowest BCUT2D eigenvalue weighted by Gasteiger charge is -2.23. The van der Waals surface area contributed by atoms with Gasteiger partial charge < -0.3 is 10.1 Å². The van der Waals surface area contributed by atoms with Crippen LogP contribution in [-0.2, 0) is 23.9 Å². The highest BCUT2D eigenvalue weighted by molar-refractivity contribution is 6.31. The molecule has 7 nitrogen and oxygen atoms in total. The summed E-state index contributed by atoms with van der Waals surface area (Å²) in [5.74, 6) is -2.56. The second-order valence-electron chi connectivity index (χ2n) is 7.84. The molecule has 8 heteroatoms. The molecule has 29 heavy (non-hydrogen) atoms. The summed E-state index contributed by atoms with van der Waals surface area (Å²) in [6.45, 7) is 2.74. The van der Waals surface area contributed by atoms with Crippen LogP contribution in [0.5, 0.6) is 0 Å². The van der Waals surface area contributed by atoms with Crippen molar-refractivity contribution in [3.8, 4) is 0 Å². The lowest BCUT2D eigenvalue weighted by atomic mass is 9.85. The number of hydrogen-bond donors (Lipinski definition) is 1. The molecule has 152 valence electrons. The van der Waals surface area contributed by atoms with Gasteiger partial charge in [-0.1, -0.05) is 29.8 Å². The molecule has 2 fully saturated rings. The number of hydrogen-bond acceptors (Lipinski definition) is 5. The number of nitrogens with one attached hydrogen (secondary N) is 1. The van der Waals surface area contributed by atoms with E-state index in [1.54, 1.807) is 18.2 Å². The number of esters is 1. The Morgan fingerprint density at radius 2 is 1.83 bits per heavy atom. The van der Waals surface area contributed by atoms with Crippen LogP contribution in [-0.4, -0.2) is 41.2 Å². The summed E-state index contributed by atoms with van der Waals surface area (Å²) in [6, 6.07) is 3.99. The van der Waals surface area contributed by atoms with Gasteiger partial charge in [-0.3, -0.25) is 19.3 Å². The van der Waals surface area contributed by atoms with Gasteiger partial charge in [0, 0.05) is 10.7 Å². The number of anilines is 1. The summed E-state index contributed by atoms with van der Waals surface area (Å²) in [5.41, 5.74) is 1.33. The number of nitrogens with zero attached hydrogens (tertiary/aromatic N) is 1. The summed E-state index contributed by atoms with van der Waals surface area (Å²) in [5, 5.41) is 3.10. The molecule has 1 aliphatic heterocycles. The molecule has 1 N–H and O–H groups in total. The number of ether oxygens (including phenoxy) is 1. The van der Waals surface area contributed by atoms with Crippen molar-refractivity contribution in [3.05, 3.63) is 40.9 Å². The van der Waals surface area contributed by atoms with Gasteiger partial charge in [0.1, 0.15) is 6.04 Å². The molecule has 4 rings (SSSR count). The van der Waals surface area contributed by atoms with Crippen molar-refractivity contribution in [2.75, 3.05) is 11.9 Å². The number of carbonyl (C=O) groups excluding carboxylic acids is 4. The number of amides is 3. The first-order valence-corrected chi connectivity index (χ1v) is 9.93. The average Bonchev–Trinajstić information content (AvgIpc) is 3.36. The predicted molar refractivity (Wildman–Crippen MR) is 105 cm³/mol. The van der Waals surface area contributed by atoms with Crippen LogP contribution in [0, 0.1) is 30.6 Å². The van der Waals surface area contributed by atoms with Gasteiger partial charge in [-0.2, -0.15) is 0 Å². The van der Waals surface area contributed by atoms with Crippen LogP contribution in [0.2, 0.25) is 5.02 Å². The van der Waals surface area contributed by atoms with Gasteiger partial charge in [-0.15, -0.1) is 0 Å². The Bertz CT molecular complexity index is 913. The third-order valence-corrected chi connectivity index (χ3v) is 6.29. The fourth-order valence-electron chi connectivity index (χ4n) is 4.58. The van der Waals surface area contributed by atoms with E-state index in [1.165, 1.54) is 6.92 Å². The monoisotopic (exact) mass is 416 g/mol. The van der Waals surface area contributed by atoms with E-state index in [1.807, 2.05) is 19.1 Å². The first kappa shape index (κ1) is 19.6. The van der Waals surface area contributed by atoms with Crippen molar-refractivity contribution in [2.24, 2.45) is 23.7 Å². The molecule has 5 atom stereocenters. The summed E-state index contributed by atoms with van der Waals surface area (Å²) >= 11 is 5.92. The molecule has 1 aromatic rings. The normalized spacial score (nSPS) is 27.9. The van der Waals surface area contributed by atoms with Crippen LogP contribution in [0.15, 0.2) is 30.4 Å². The van der Waals surface area contributed by atoms with Crippen LogP contribution in [0.1, 0.15) is 18.9 Å². The Morgan fingerprint density at radius 3 is 2.45 bits per heavy atom. The molecule has 1 saturated carbocycles. The molecule has 2 bridgehead atoms. The molecule has 0 spiro atoms. The Balaban J connectivity index is 1.35. The van der Waals surface area contributed by atoms with Crippen LogP contribution >= 0.6 is 11.6 Å². The number of rotatable bonds is 5. The smallest absolute Gasteiger partial charge is 0.329 e. The highest BCUT2D eigenvalue weighted by atomic mass is 35.5. The number of aryl methyl sites for hydroxylation is 1. The number of allylic oxidation sites excluding steroid dienone is 2. The van der Waals surface area contributed by atoms with Gasteiger partial charge in [0.2, 0.25) is 11.8 Å². The number of fused-ring (bicyclic) bond motifs is 5. The number of halogens is 1. The van der Waals surface area contributed by atoms with Crippen LogP contribution < -0.4 is 5.32 Å². The van der Waals surface area contributed by atoms with Crippen LogP contribution in [0.3, 0.4) is 0 Å². The molecule has 0 unspecified atom stereocenters. The van der Waals surface area contributed by atoms with Gasteiger partial charge in [-0.05, 0) is 49.8 Å². The van der Waals surface area contributed by atoms with Crippen LogP contribution in [0.4, 0.5) is 5.69 Å². The first-order valence-electron chi connectivity index (χ1n) is 9.56. The molecule has 2 aliphatic carbocycles. The SMILES string of the molecule is Cc1ccc(Cl)cc1NC(=O)COC(=O)[C@H](C)N1C(=O)[C@H]2[C@H](C1=O)[C@H]1C=C[C@H]2C1. The first-order chi connectivity index (χ1) is 13.8. The molecule has 1 heterocycles. The molecule has 0 radical (unpaired) electrons. The van der Waals surface area contributed by atoms with Crippen molar-refractivity contribution in [1.82, 2.24) is 4.90 Å². The van der Waals surface area contributed by atoms with E-state index in [9.17, 15) is 19.2 Å². The number of carbonyl (C=O) groups is 4. The van der Waals surface area contributed by atoms with Gasteiger partial charge in [0.15, 0.2) is 6.61 Å². The second-order valence-corrected chi connectivity index (χ2v) is 8.27. The summed E-state index contributed by atoms with van der Waals surface area (Å²) in [6.07, 6.45) is 4.81. The quantitative estimate of drug-likeness (QED) is 0.451. The Labute approximate surface area is 173 Å². The molecular weight excluding hydrogens is 396 g/mol. The van der Waals surface area contributed by atoms with Gasteiger partial charge in [0.05, 0.1) is 11.8 Å². The van der Waals surface area contributed by atoms with Gasteiger partial charge >= 0.3 is 5.97 Å². The maximum absolute atomic E-state index is 12.8. The van der Waals surface area contributed by atoms with E-state index in [2.05, 4.69) is 5.32 Å². The van der Waals surface area contributed by atoms with E-state index in [-0.39, 0.29) is 35.5 Å². The Morgan fingerprint density at radius 1 is 1.21 bits per heavy atom. The van der Waals surface area contributed by atoms with E-state index in [0.29, 0.717) is 10.7 Å². The second kappa shape index (κ2) is 7.30. The lowest BCUT2D eigenvalue weighted by Crippen LogP contribution is -2.45. The molecular formula is C21H21ClN2O5. The van der Waals surface area contributed by atoms with Crippen LogP contribution in [0.25, 0.3) is 0 Å². The third-order valence-electron chi connectivity index (χ3n) is 6.05. The third kappa shape index (κ3) is 3.33. The van der Waals surface area contributed by atoms with Crippen molar-refractivity contribution >= 4 is 41.0 Å². The minimum absolute atomic E-state index is 0.0707. The highest BCUT2D eigenvalue weighted by Gasteiger charge is 2.60.